The van der Waals surface area contributed by atoms with Gasteiger partial charge in [-0.1, -0.05) is 44.2 Å². The summed E-state index contributed by atoms with van der Waals surface area (Å²) in [5.74, 6) is -2.09. The van der Waals surface area contributed by atoms with E-state index < -0.39 is 53.9 Å². The molecular weight excluding hydrogens is 542 g/mol. The molecule has 1 aliphatic carbocycles. The number of rotatable bonds is 6. The number of ether oxygens (including phenoxy) is 3. The van der Waals surface area contributed by atoms with Gasteiger partial charge in [-0.05, 0) is 38.2 Å². The lowest BCUT2D eigenvalue weighted by molar-refractivity contribution is -0.288. The third-order valence-electron chi connectivity index (χ3n) is 7.23. The average molecular weight is 587 g/mol. The van der Waals surface area contributed by atoms with Gasteiger partial charge in [-0.25, -0.2) is 0 Å². The van der Waals surface area contributed by atoms with Crippen molar-refractivity contribution in [3.8, 4) is 0 Å². The van der Waals surface area contributed by atoms with Gasteiger partial charge in [0.15, 0.2) is 6.10 Å². The fraction of sp³-hybridized carbons (Fsp3) is 0.484. The van der Waals surface area contributed by atoms with Crippen LogP contribution in [0.5, 0.6) is 0 Å². The van der Waals surface area contributed by atoms with Crippen LogP contribution in [0.3, 0.4) is 0 Å². The van der Waals surface area contributed by atoms with Crippen LogP contribution in [0.1, 0.15) is 40.5 Å². The highest BCUT2D eigenvalue weighted by molar-refractivity contribution is 6.23. The van der Waals surface area contributed by atoms with Gasteiger partial charge < -0.3 is 30.0 Å². The molecule has 1 aliphatic heterocycles. The fourth-order valence-corrected chi connectivity index (χ4v) is 4.97. The molecule has 6 atom stereocenters. The molecule has 1 heterocycles. The van der Waals surface area contributed by atoms with Crippen molar-refractivity contribution in [3.63, 3.8) is 0 Å². The molecule has 0 saturated heterocycles. The van der Waals surface area contributed by atoms with Crippen LogP contribution in [0.25, 0.3) is 0 Å². The third kappa shape index (κ3) is 9.18. The molecule has 0 aromatic carbocycles. The van der Waals surface area contributed by atoms with E-state index in [4.69, 9.17) is 14.2 Å². The number of carbonyl (C=O) groups is 4. The van der Waals surface area contributed by atoms with Crippen molar-refractivity contribution in [1.82, 2.24) is 10.6 Å². The number of allylic oxidation sites excluding steroid dienone is 4. The highest BCUT2D eigenvalue weighted by atomic mass is 16.6. The zero-order chi connectivity index (χ0) is 31.6. The van der Waals surface area contributed by atoms with Crippen LogP contribution >= 0.6 is 0 Å². The first-order valence-corrected chi connectivity index (χ1v) is 13.8. The standard InChI is InChI=1S/C31H43N3O8/c1-8-12-33-26-21-13-17(2)14-25(41-7)27(36)19(4)15-20(5)29(42-31(32)39)24(40-6)11-9-10-18(3)30(38)34-22(28(21)37)16-23(26)35/h8-11,15-17,19,24-25,27,29,33,36H,1,12-14H2,2-7H3,(H2,32,39)(H,34,38)/p+1. The summed E-state index contributed by atoms with van der Waals surface area (Å²) < 4.78 is 16.7. The normalized spacial score (nSPS) is 28.4. The minimum Gasteiger partial charge on any atom is -0.409 e. The molecule has 6 N–H and O–H groups in total. The number of nitrogens with one attached hydrogen (secondary N) is 2. The van der Waals surface area contributed by atoms with Crippen LogP contribution in [-0.4, -0.2) is 73.9 Å². The Labute approximate surface area is 247 Å². The summed E-state index contributed by atoms with van der Waals surface area (Å²) in [6, 6.07) is 0. The lowest BCUT2D eigenvalue weighted by atomic mass is 9.85. The van der Waals surface area contributed by atoms with E-state index in [1.165, 1.54) is 20.3 Å². The Balaban J connectivity index is 2.62. The molecule has 0 fully saturated rings. The summed E-state index contributed by atoms with van der Waals surface area (Å²) in [5, 5.41) is 16.8. The van der Waals surface area contributed by atoms with Gasteiger partial charge in [0.25, 0.3) is 5.91 Å². The molecule has 0 aromatic heterocycles. The zero-order valence-electron chi connectivity index (χ0n) is 25.3. The Morgan fingerprint density at radius 1 is 1.21 bits per heavy atom. The van der Waals surface area contributed by atoms with Gasteiger partial charge in [-0.2, -0.15) is 4.79 Å². The van der Waals surface area contributed by atoms with Gasteiger partial charge in [0.2, 0.25) is 11.6 Å². The van der Waals surface area contributed by atoms with E-state index in [0.717, 1.165) is 6.08 Å². The fourth-order valence-electron chi connectivity index (χ4n) is 4.97. The largest absolute Gasteiger partial charge is 0.511 e. The van der Waals surface area contributed by atoms with Gasteiger partial charge in [-0.3, -0.25) is 20.1 Å². The van der Waals surface area contributed by atoms with Crippen molar-refractivity contribution < 1.29 is 44.2 Å². The average Bonchev–Trinajstić information content (AvgIpc) is 2.94. The lowest BCUT2D eigenvalue weighted by Gasteiger charge is -2.29. The van der Waals surface area contributed by atoms with Gasteiger partial charge in [0.05, 0.1) is 23.6 Å². The number of aliphatic hydroxyl groups is 1. The van der Waals surface area contributed by atoms with Crippen molar-refractivity contribution in [3.05, 3.63) is 71.1 Å². The summed E-state index contributed by atoms with van der Waals surface area (Å²) in [4.78, 5) is 51.4. The van der Waals surface area contributed by atoms with E-state index >= 15 is 0 Å². The number of fused-ring (bicyclic) bond motifs is 2. The number of hydrogen-bond acceptors (Lipinski definition) is 9. The maximum atomic E-state index is 13.5. The summed E-state index contributed by atoms with van der Waals surface area (Å²) in [6.07, 6.45) is 5.83. The quantitative estimate of drug-likeness (QED) is 0.268. The predicted molar refractivity (Wildman–Crippen MR) is 156 cm³/mol. The van der Waals surface area contributed by atoms with Crippen LogP contribution in [0, 0.1) is 11.8 Å². The van der Waals surface area contributed by atoms with Gasteiger partial charge in [-0.15, -0.1) is 6.58 Å². The smallest absolute Gasteiger partial charge is 0.409 e. The Kier molecular flexibility index (Phi) is 13.3. The lowest BCUT2D eigenvalue weighted by Crippen LogP contribution is -2.59. The van der Waals surface area contributed by atoms with E-state index in [1.54, 1.807) is 38.2 Å². The van der Waals surface area contributed by atoms with Gasteiger partial charge >= 0.3 is 6.09 Å². The van der Waals surface area contributed by atoms with Crippen LogP contribution in [0.15, 0.2) is 71.1 Å². The first-order valence-electron chi connectivity index (χ1n) is 13.8. The molecule has 6 unspecified atom stereocenters. The summed E-state index contributed by atoms with van der Waals surface area (Å²) in [7, 11) is 2.95. The molecule has 2 aliphatic rings. The van der Waals surface area contributed by atoms with E-state index in [-0.39, 0.29) is 41.4 Å². The Morgan fingerprint density at radius 3 is 2.50 bits per heavy atom. The monoisotopic (exact) mass is 586 g/mol. The molecule has 0 radical (unpaired) electrons. The van der Waals surface area contributed by atoms with Gasteiger partial charge in [0.1, 0.15) is 6.10 Å². The first kappa shape index (κ1) is 34.6. The van der Waals surface area contributed by atoms with Crippen LogP contribution in [0.2, 0.25) is 0 Å². The molecule has 2 rings (SSSR count). The maximum Gasteiger partial charge on any atom is 0.511 e. The Hall–Kier alpha value is -3.64. The molecule has 0 spiro atoms. The Morgan fingerprint density at radius 2 is 1.90 bits per heavy atom. The summed E-state index contributed by atoms with van der Waals surface area (Å²) >= 11 is 0. The van der Waals surface area contributed by atoms with E-state index in [1.807, 2.05) is 13.8 Å². The number of methoxy groups -OCH3 is 2. The SMILES string of the molecule is C=CCNC1=C2CC(C)CC(OC)C(O)C(C)C=C(C)C(OC([NH3+])=O)C(OC)C=CC=C(C)C(=O)NC(=CC1=O)C2=O. The summed E-state index contributed by atoms with van der Waals surface area (Å²) in [6.45, 7) is 11.0. The highest BCUT2D eigenvalue weighted by Gasteiger charge is 2.33. The van der Waals surface area contributed by atoms with E-state index in [2.05, 4.69) is 22.9 Å². The van der Waals surface area contributed by atoms with E-state index in [9.17, 15) is 24.3 Å². The van der Waals surface area contributed by atoms with Crippen LogP contribution < -0.4 is 16.4 Å². The molecule has 230 valence electrons. The van der Waals surface area contributed by atoms with Gasteiger partial charge in [0, 0.05) is 43.9 Å². The van der Waals surface area contributed by atoms with Crippen molar-refractivity contribution in [1.29, 1.82) is 0 Å². The molecule has 0 aromatic rings. The first-order chi connectivity index (χ1) is 19.8. The molecular formula is C31H44N3O8+. The maximum absolute atomic E-state index is 13.5. The molecule has 42 heavy (non-hydrogen) atoms. The van der Waals surface area contributed by atoms with E-state index in [0.29, 0.717) is 12.0 Å². The number of ketones is 2. The highest BCUT2D eigenvalue weighted by Crippen LogP contribution is 2.28. The number of carbonyl (C=O) groups excluding carboxylic acids is 4. The van der Waals surface area contributed by atoms with Crippen molar-refractivity contribution in [2.45, 2.75) is 65.0 Å². The second-order valence-electron chi connectivity index (χ2n) is 10.7. The minimum atomic E-state index is -0.946. The number of quaternary nitrogens is 1. The molecule has 2 bridgehead atoms. The van der Waals surface area contributed by atoms with Crippen LogP contribution in [-0.2, 0) is 28.6 Å². The second-order valence-corrected chi connectivity index (χ2v) is 10.7. The third-order valence-corrected chi connectivity index (χ3v) is 7.23. The van der Waals surface area contributed by atoms with Crippen LogP contribution in [0.4, 0.5) is 4.79 Å². The molecule has 0 saturated carbocycles. The second kappa shape index (κ2) is 16.1. The number of Topliss-reactive ketones (excluding diaryl/α,β-unsaturated/α-hetero) is 1. The number of hydrogen-bond donors (Lipinski definition) is 4. The molecule has 11 nitrogen and oxygen atoms in total. The number of aliphatic hydroxyl groups excluding tert-OH is 1. The van der Waals surface area contributed by atoms with Crippen molar-refractivity contribution in [2.24, 2.45) is 11.8 Å². The minimum absolute atomic E-state index is 0.125. The van der Waals surface area contributed by atoms with Crippen molar-refractivity contribution >= 4 is 23.6 Å². The Bertz CT molecular complexity index is 1210. The molecule has 2 amide bonds. The van der Waals surface area contributed by atoms with Crippen molar-refractivity contribution in [2.75, 3.05) is 20.8 Å². The predicted octanol–water partition coefficient (Wildman–Crippen LogP) is 1.82. The summed E-state index contributed by atoms with van der Waals surface area (Å²) in [5.41, 5.74) is 4.47. The molecule has 11 heteroatoms. The topological polar surface area (TPSA) is 168 Å². The zero-order valence-corrected chi connectivity index (χ0v) is 25.3. The number of amides is 2.